The number of rotatable bonds is 4. The first kappa shape index (κ1) is 16.3. The van der Waals surface area contributed by atoms with Crippen LogP contribution >= 0.6 is 0 Å². The molecule has 1 aromatic heterocycles. The van der Waals surface area contributed by atoms with Gasteiger partial charge in [0, 0.05) is 12.3 Å². The van der Waals surface area contributed by atoms with E-state index in [-0.39, 0.29) is 29.8 Å². The first-order chi connectivity index (χ1) is 11.4. The summed E-state index contributed by atoms with van der Waals surface area (Å²) in [6.45, 7) is 0. The van der Waals surface area contributed by atoms with E-state index in [2.05, 4.69) is 4.98 Å². The Morgan fingerprint density at radius 3 is 2.29 bits per heavy atom. The van der Waals surface area contributed by atoms with Crippen LogP contribution in [0.15, 0.2) is 42.6 Å². The number of benzene rings is 1. The SMILES string of the molecule is O=C(NO)c1ccc(Oc2ccc(C3(C(F)(F)F)CC3)cc2)nc1. The van der Waals surface area contributed by atoms with Crippen LogP contribution in [0, 0.1) is 0 Å². The van der Waals surface area contributed by atoms with Crippen LogP contribution in [0.3, 0.4) is 0 Å². The number of carbonyl (C=O) groups is 1. The van der Waals surface area contributed by atoms with Gasteiger partial charge in [-0.1, -0.05) is 12.1 Å². The normalized spacial score (nSPS) is 15.7. The second kappa shape index (κ2) is 5.79. The molecule has 1 aliphatic rings. The molecule has 0 spiro atoms. The minimum Gasteiger partial charge on any atom is -0.439 e. The number of hydrogen-bond acceptors (Lipinski definition) is 4. The van der Waals surface area contributed by atoms with Gasteiger partial charge in [-0.3, -0.25) is 10.0 Å². The van der Waals surface area contributed by atoms with Gasteiger partial charge in [0.05, 0.1) is 11.0 Å². The number of ether oxygens (including phenoxy) is 1. The summed E-state index contributed by atoms with van der Waals surface area (Å²) in [5.74, 6) is -0.196. The largest absolute Gasteiger partial charge is 0.439 e. The molecule has 3 rings (SSSR count). The standard InChI is InChI=1S/C16H13F3N2O3/c17-16(18,19)15(7-8-15)11-2-4-12(5-3-11)24-13-6-1-10(9-20-13)14(22)21-23/h1-6,9,23H,7-8H2,(H,21,22). The third kappa shape index (κ3) is 2.92. The van der Waals surface area contributed by atoms with E-state index in [0.717, 1.165) is 0 Å². The number of alkyl halides is 3. The Bertz CT molecular complexity index is 739. The summed E-state index contributed by atoms with van der Waals surface area (Å²) in [6, 6.07) is 8.53. The van der Waals surface area contributed by atoms with Gasteiger partial charge in [-0.2, -0.15) is 13.2 Å². The summed E-state index contributed by atoms with van der Waals surface area (Å²) in [6.07, 6.45) is -2.84. The number of pyridine rings is 1. The van der Waals surface area contributed by atoms with Gasteiger partial charge in [-0.25, -0.2) is 10.5 Å². The molecule has 0 aliphatic heterocycles. The molecule has 1 heterocycles. The highest BCUT2D eigenvalue weighted by molar-refractivity contribution is 5.92. The van der Waals surface area contributed by atoms with Crippen LogP contribution in [0.4, 0.5) is 13.2 Å². The van der Waals surface area contributed by atoms with Gasteiger partial charge in [-0.15, -0.1) is 0 Å². The van der Waals surface area contributed by atoms with Gasteiger partial charge in [0.2, 0.25) is 5.88 Å². The lowest BCUT2D eigenvalue weighted by molar-refractivity contribution is -0.160. The highest BCUT2D eigenvalue weighted by atomic mass is 19.4. The van der Waals surface area contributed by atoms with E-state index in [0.29, 0.717) is 5.75 Å². The fourth-order valence-corrected chi connectivity index (χ4v) is 2.46. The summed E-state index contributed by atoms with van der Waals surface area (Å²) in [4.78, 5) is 15.1. The van der Waals surface area contributed by atoms with Crippen LogP contribution in [0.25, 0.3) is 0 Å². The van der Waals surface area contributed by atoms with Crippen molar-refractivity contribution in [2.24, 2.45) is 0 Å². The fourth-order valence-electron chi connectivity index (χ4n) is 2.46. The Morgan fingerprint density at radius 1 is 1.17 bits per heavy atom. The van der Waals surface area contributed by atoms with Gasteiger partial charge in [0.25, 0.3) is 5.91 Å². The average molecular weight is 338 g/mol. The van der Waals surface area contributed by atoms with Crippen molar-refractivity contribution in [3.05, 3.63) is 53.7 Å². The molecule has 24 heavy (non-hydrogen) atoms. The summed E-state index contributed by atoms with van der Waals surface area (Å²) >= 11 is 0. The predicted molar refractivity (Wildman–Crippen MR) is 77.0 cm³/mol. The summed E-state index contributed by atoms with van der Waals surface area (Å²) < 4.78 is 44.6. The first-order valence-corrected chi connectivity index (χ1v) is 7.11. The van der Waals surface area contributed by atoms with Crippen LogP contribution in [-0.2, 0) is 5.41 Å². The maximum atomic E-state index is 13.1. The van der Waals surface area contributed by atoms with Gasteiger partial charge in [0.15, 0.2) is 0 Å². The molecule has 0 saturated heterocycles. The van der Waals surface area contributed by atoms with E-state index < -0.39 is 17.5 Å². The lowest BCUT2D eigenvalue weighted by atomic mass is 9.95. The zero-order valence-corrected chi connectivity index (χ0v) is 12.3. The van der Waals surface area contributed by atoms with Crippen LogP contribution in [0.2, 0.25) is 0 Å². The molecule has 0 unspecified atom stereocenters. The second-order valence-corrected chi connectivity index (χ2v) is 5.53. The molecule has 1 fully saturated rings. The van der Waals surface area contributed by atoms with Crippen LogP contribution in [0.1, 0.15) is 28.8 Å². The van der Waals surface area contributed by atoms with Crippen LogP contribution in [0.5, 0.6) is 11.6 Å². The van der Waals surface area contributed by atoms with Crippen molar-refractivity contribution in [3.63, 3.8) is 0 Å². The zero-order valence-electron chi connectivity index (χ0n) is 12.3. The Balaban J connectivity index is 1.72. The monoisotopic (exact) mass is 338 g/mol. The van der Waals surface area contributed by atoms with Crippen molar-refractivity contribution in [2.45, 2.75) is 24.4 Å². The molecule has 2 aromatic rings. The molecule has 126 valence electrons. The van der Waals surface area contributed by atoms with Gasteiger partial charge >= 0.3 is 6.18 Å². The van der Waals surface area contributed by atoms with Crippen LogP contribution in [-0.4, -0.2) is 22.3 Å². The fraction of sp³-hybridized carbons (Fsp3) is 0.250. The summed E-state index contributed by atoms with van der Waals surface area (Å²) in [5.41, 5.74) is 0.125. The van der Waals surface area contributed by atoms with Gasteiger partial charge in [-0.05, 0) is 36.6 Å². The summed E-state index contributed by atoms with van der Waals surface area (Å²) in [7, 11) is 0. The Morgan fingerprint density at radius 2 is 1.83 bits per heavy atom. The van der Waals surface area contributed by atoms with Gasteiger partial charge < -0.3 is 4.74 Å². The van der Waals surface area contributed by atoms with Crippen molar-refractivity contribution < 1.29 is 27.9 Å². The Hall–Kier alpha value is -2.61. The lowest BCUT2D eigenvalue weighted by Gasteiger charge is -2.19. The Labute approximate surface area is 135 Å². The van der Waals surface area contributed by atoms with Crippen molar-refractivity contribution in [1.29, 1.82) is 0 Å². The third-order valence-corrected chi connectivity index (χ3v) is 4.02. The first-order valence-electron chi connectivity index (χ1n) is 7.11. The minimum atomic E-state index is -4.25. The topological polar surface area (TPSA) is 71.5 Å². The maximum absolute atomic E-state index is 13.1. The average Bonchev–Trinajstić information content (AvgIpc) is 3.37. The number of hydroxylamine groups is 1. The van der Waals surface area contributed by atoms with Crippen molar-refractivity contribution in [3.8, 4) is 11.6 Å². The molecule has 0 radical (unpaired) electrons. The molecule has 1 aliphatic carbocycles. The highest BCUT2D eigenvalue weighted by Gasteiger charge is 2.64. The second-order valence-electron chi connectivity index (χ2n) is 5.53. The van der Waals surface area contributed by atoms with E-state index in [9.17, 15) is 18.0 Å². The zero-order chi connectivity index (χ0) is 17.4. The van der Waals surface area contributed by atoms with Crippen molar-refractivity contribution in [2.75, 3.05) is 0 Å². The molecule has 8 heteroatoms. The smallest absolute Gasteiger partial charge is 0.398 e. The highest BCUT2D eigenvalue weighted by Crippen LogP contribution is 2.58. The number of amides is 1. The van der Waals surface area contributed by atoms with E-state index >= 15 is 0 Å². The number of nitrogens with zero attached hydrogens (tertiary/aromatic N) is 1. The molecule has 0 bridgehead atoms. The molecular formula is C16H13F3N2O3. The number of carbonyl (C=O) groups excluding carboxylic acids is 1. The number of hydrogen-bond donors (Lipinski definition) is 2. The quantitative estimate of drug-likeness (QED) is 0.660. The molecule has 5 nitrogen and oxygen atoms in total. The van der Waals surface area contributed by atoms with E-state index in [1.807, 2.05) is 0 Å². The maximum Gasteiger partial charge on any atom is 0.398 e. The molecule has 2 N–H and O–H groups in total. The third-order valence-electron chi connectivity index (χ3n) is 4.02. The molecule has 1 amide bonds. The molecule has 1 saturated carbocycles. The van der Waals surface area contributed by atoms with E-state index in [4.69, 9.17) is 9.94 Å². The van der Waals surface area contributed by atoms with E-state index in [1.54, 1.807) is 0 Å². The number of halogens is 3. The molecule has 0 atom stereocenters. The summed E-state index contributed by atoms with van der Waals surface area (Å²) in [5, 5.41) is 8.51. The molecule has 1 aromatic carbocycles. The predicted octanol–water partition coefficient (Wildman–Crippen LogP) is 3.59. The van der Waals surface area contributed by atoms with Crippen molar-refractivity contribution >= 4 is 5.91 Å². The lowest BCUT2D eigenvalue weighted by Crippen LogP contribution is -2.28. The number of nitrogens with one attached hydrogen (secondary N) is 1. The number of aromatic nitrogens is 1. The van der Waals surface area contributed by atoms with Gasteiger partial charge in [0.1, 0.15) is 5.75 Å². The Kier molecular flexibility index (Phi) is 3.92. The van der Waals surface area contributed by atoms with Crippen molar-refractivity contribution in [1.82, 2.24) is 10.5 Å². The van der Waals surface area contributed by atoms with Crippen LogP contribution < -0.4 is 10.2 Å². The van der Waals surface area contributed by atoms with E-state index in [1.165, 1.54) is 48.1 Å². The molecular weight excluding hydrogens is 325 g/mol. The minimum absolute atomic E-state index is 0.104.